The van der Waals surface area contributed by atoms with Gasteiger partial charge in [0.2, 0.25) is 5.91 Å². The number of fused-ring (bicyclic) bond motifs is 1. The Morgan fingerprint density at radius 1 is 1.04 bits per heavy atom. The molecule has 0 fully saturated rings. The first-order chi connectivity index (χ1) is 12.9. The fraction of sp³-hybridized carbons (Fsp3) is 0.211. The SMILES string of the molecule is CCn1c(=O)c2ccccc2n(CC(=O)NCc2ccc(F)c(F)c2)c1=O. The summed E-state index contributed by atoms with van der Waals surface area (Å²) in [6.07, 6.45) is 0. The first-order valence-electron chi connectivity index (χ1n) is 8.35. The molecule has 0 atom stereocenters. The fourth-order valence-corrected chi connectivity index (χ4v) is 2.85. The van der Waals surface area contributed by atoms with Gasteiger partial charge in [-0.05, 0) is 36.8 Å². The van der Waals surface area contributed by atoms with Crippen LogP contribution in [-0.2, 0) is 24.4 Å². The Morgan fingerprint density at radius 3 is 2.48 bits per heavy atom. The summed E-state index contributed by atoms with van der Waals surface area (Å²) in [6, 6.07) is 9.88. The number of nitrogens with one attached hydrogen (secondary N) is 1. The lowest BCUT2D eigenvalue weighted by atomic mass is 10.2. The Labute approximate surface area is 152 Å². The highest BCUT2D eigenvalue weighted by Crippen LogP contribution is 2.09. The van der Waals surface area contributed by atoms with E-state index in [0.717, 1.165) is 16.7 Å². The van der Waals surface area contributed by atoms with Gasteiger partial charge in [-0.25, -0.2) is 13.6 Å². The summed E-state index contributed by atoms with van der Waals surface area (Å²) in [7, 11) is 0. The molecule has 0 unspecified atom stereocenters. The number of carbonyl (C=O) groups is 1. The maximum Gasteiger partial charge on any atom is 0.331 e. The van der Waals surface area contributed by atoms with Gasteiger partial charge in [0.25, 0.3) is 5.56 Å². The normalized spacial score (nSPS) is 10.9. The molecule has 0 saturated heterocycles. The number of hydrogen-bond acceptors (Lipinski definition) is 3. The molecular formula is C19H17F2N3O3. The number of carbonyl (C=O) groups excluding carboxylic acids is 1. The first kappa shape index (κ1) is 18.5. The lowest BCUT2D eigenvalue weighted by Crippen LogP contribution is -2.42. The van der Waals surface area contributed by atoms with Crippen molar-refractivity contribution < 1.29 is 13.6 Å². The second kappa shape index (κ2) is 7.53. The van der Waals surface area contributed by atoms with Gasteiger partial charge >= 0.3 is 5.69 Å². The van der Waals surface area contributed by atoms with E-state index in [-0.39, 0.29) is 19.6 Å². The van der Waals surface area contributed by atoms with Gasteiger partial charge in [0.05, 0.1) is 10.9 Å². The highest BCUT2D eigenvalue weighted by Gasteiger charge is 2.14. The third-order valence-electron chi connectivity index (χ3n) is 4.22. The quantitative estimate of drug-likeness (QED) is 0.741. The Kier molecular flexibility index (Phi) is 5.16. The van der Waals surface area contributed by atoms with E-state index in [4.69, 9.17) is 0 Å². The van der Waals surface area contributed by atoms with Crippen LogP contribution in [0.2, 0.25) is 0 Å². The molecule has 0 aliphatic carbocycles. The zero-order valence-corrected chi connectivity index (χ0v) is 14.5. The van der Waals surface area contributed by atoms with Crippen LogP contribution < -0.4 is 16.6 Å². The fourth-order valence-electron chi connectivity index (χ4n) is 2.85. The molecular weight excluding hydrogens is 356 g/mol. The lowest BCUT2D eigenvalue weighted by molar-refractivity contribution is -0.121. The predicted molar refractivity (Wildman–Crippen MR) is 96.3 cm³/mol. The average molecular weight is 373 g/mol. The molecule has 1 heterocycles. The Bertz CT molecular complexity index is 1140. The minimum atomic E-state index is -1.00. The largest absolute Gasteiger partial charge is 0.350 e. The molecule has 0 bridgehead atoms. The third kappa shape index (κ3) is 3.64. The van der Waals surface area contributed by atoms with Gasteiger partial charge in [0, 0.05) is 13.1 Å². The van der Waals surface area contributed by atoms with Crippen LogP contribution >= 0.6 is 0 Å². The van der Waals surface area contributed by atoms with Gasteiger partial charge in [0.15, 0.2) is 11.6 Å². The Morgan fingerprint density at radius 2 is 1.78 bits per heavy atom. The van der Waals surface area contributed by atoms with E-state index >= 15 is 0 Å². The van der Waals surface area contributed by atoms with Crippen molar-refractivity contribution in [1.82, 2.24) is 14.5 Å². The number of rotatable bonds is 5. The van der Waals surface area contributed by atoms with Crippen molar-refractivity contribution in [3.8, 4) is 0 Å². The summed E-state index contributed by atoms with van der Waals surface area (Å²) in [5.41, 5.74) is -0.237. The van der Waals surface area contributed by atoms with Gasteiger partial charge in [-0.15, -0.1) is 0 Å². The van der Waals surface area contributed by atoms with E-state index in [1.165, 1.54) is 10.6 Å². The number of aromatic nitrogens is 2. The second-order valence-corrected chi connectivity index (χ2v) is 5.96. The molecule has 2 aromatic carbocycles. The molecule has 27 heavy (non-hydrogen) atoms. The van der Waals surface area contributed by atoms with Crippen LogP contribution in [0.5, 0.6) is 0 Å². The highest BCUT2D eigenvalue weighted by atomic mass is 19.2. The summed E-state index contributed by atoms with van der Waals surface area (Å²) in [4.78, 5) is 37.2. The number of hydrogen-bond donors (Lipinski definition) is 1. The number of amides is 1. The minimum Gasteiger partial charge on any atom is -0.350 e. The third-order valence-corrected chi connectivity index (χ3v) is 4.22. The van der Waals surface area contributed by atoms with Gasteiger partial charge in [-0.1, -0.05) is 18.2 Å². The molecule has 140 valence electrons. The number of para-hydroxylation sites is 1. The highest BCUT2D eigenvalue weighted by molar-refractivity contribution is 5.81. The van der Waals surface area contributed by atoms with Crippen molar-refractivity contribution in [2.45, 2.75) is 26.6 Å². The molecule has 0 radical (unpaired) electrons. The van der Waals surface area contributed by atoms with E-state index in [2.05, 4.69) is 5.32 Å². The van der Waals surface area contributed by atoms with Crippen LogP contribution in [0.1, 0.15) is 12.5 Å². The van der Waals surface area contributed by atoms with Crippen LogP contribution in [0.15, 0.2) is 52.1 Å². The summed E-state index contributed by atoms with van der Waals surface area (Å²) in [6.45, 7) is 1.53. The topological polar surface area (TPSA) is 73.1 Å². The maximum absolute atomic E-state index is 13.2. The van der Waals surface area contributed by atoms with Crippen molar-refractivity contribution in [3.05, 3.63) is 80.5 Å². The Hall–Kier alpha value is -3.29. The van der Waals surface area contributed by atoms with E-state index in [9.17, 15) is 23.2 Å². The molecule has 0 aliphatic rings. The van der Waals surface area contributed by atoms with Gasteiger partial charge < -0.3 is 5.32 Å². The zero-order chi connectivity index (χ0) is 19.6. The van der Waals surface area contributed by atoms with Gasteiger partial charge in [-0.2, -0.15) is 0 Å². The van der Waals surface area contributed by atoms with Gasteiger partial charge in [0.1, 0.15) is 6.54 Å². The summed E-state index contributed by atoms with van der Waals surface area (Å²) in [5.74, 6) is -2.46. The molecule has 6 nitrogen and oxygen atoms in total. The number of benzene rings is 2. The molecule has 8 heteroatoms. The lowest BCUT2D eigenvalue weighted by Gasteiger charge is -2.13. The van der Waals surface area contributed by atoms with E-state index in [0.29, 0.717) is 16.5 Å². The van der Waals surface area contributed by atoms with Crippen molar-refractivity contribution in [3.63, 3.8) is 0 Å². The first-order valence-corrected chi connectivity index (χ1v) is 8.35. The summed E-state index contributed by atoms with van der Waals surface area (Å²) in [5, 5.41) is 2.90. The standard InChI is InChI=1S/C19H17F2N3O3/c1-2-23-18(26)13-5-3-4-6-16(13)24(19(23)27)11-17(25)22-10-12-7-8-14(20)15(21)9-12/h3-9H,2,10-11H2,1H3,(H,22,25). The predicted octanol–water partition coefficient (Wildman–Crippen LogP) is 1.78. The number of nitrogens with zero attached hydrogens (tertiary/aromatic N) is 2. The van der Waals surface area contributed by atoms with Crippen molar-refractivity contribution in [2.24, 2.45) is 0 Å². The van der Waals surface area contributed by atoms with Crippen LogP contribution in [0.3, 0.4) is 0 Å². The molecule has 3 rings (SSSR count). The second-order valence-electron chi connectivity index (χ2n) is 5.96. The van der Waals surface area contributed by atoms with E-state index < -0.39 is 28.8 Å². The molecule has 1 N–H and O–H groups in total. The summed E-state index contributed by atoms with van der Waals surface area (Å²) < 4.78 is 28.5. The zero-order valence-electron chi connectivity index (χ0n) is 14.5. The molecule has 3 aromatic rings. The van der Waals surface area contributed by atoms with Crippen LogP contribution in [-0.4, -0.2) is 15.0 Å². The van der Waals surface area contributed by atoms with Crippen LogP contribution in [0.4, 0.5) is 8.78 Å². The average Bonchev–Trinajstić information content (AvgIpc) is 2.66. The van der Waals surface area contributed by atoms with Crippen LogP contribution in [0, 0.1) is 11.6 Å². The molecule has 1 amide bonds. The minimum absolute atomic E-state index is 0.0177. The van der Waals surface area contributed by atoms with Crippen molar-refractivity contribution in [2.75, 3.05) is 0 Å². The van der Waals surface area contributed by atoms with Gasteiger partial charge in [-0.3, -0.25) is 18.7 Å². The monoisotopic (exact) mass is 373 g/mol. The maximum atomic E-state index is 13.2. The Balaban J connectivity index is 1.87. The van der Waals surface area contributed by atoms with E-state index in [1.807, 2.05) is 0 Å². The summed E-state index contributed by atoms with van der Waals surface area (Å²) >= 11 is 0. The smallest absolute Gasteiger partial charge is 0.331 e. The molecule has 1 aromatic heterocycles. The molecule has 0 saturated carbocycles. The van der Waals surface area contributed by atoms with E-state index in [1.54, 1.807) is 31.2 Å². The van der Waals surface area contributed by atoms with Crippen molar-refractivity contribution >= 4 is 16.8 Å². The molecule has 0 spiro atoms. The van der Waals surface area contributed by atoms with Crippen molar-refractivity contribution in [1.29, 1.82) is 0 Å². The molecule has 0 aliphatic heterocycles. The number of halogens is 2. The van der Waals surface area contributed by atoms with Crippen LogP contribution in [0.25, 0.3) is 10.9 Å².